The summed E-state index contributed by atoms with van der Waals surface area (Å²) in [5, 5.41) is 3.31. The predicted molar refractivity (Wildman–Crippen MR) is 66.9 cm³/mol. The minimum Gasteiger partial charge on any atom is -0.322 e. The van der Waals surface area contributed by atoms with Crippen molar-refractivity contribution in [3.05, 3.63) is 34.3 Å². The van der Waals surface area contributed by atoms with Crippen molar-refractivity contribution in [2.24, 2.45) is 0 Å². The van der Waals surface area contributed by atoms with E-state index in [0.29, 0.717) is 0 Å². The number of carbonyl (C=O) groups excluding carboxylic acids is 1. The molecule has 1 fully saturated rings. The maximum atomic E-state index is 11.9. The molecular weight excluding hydrogens is 268 g/mol. The molecule has 0 radical (unpaired) electrons. The van der Waals surface area contributed by atoms with Gasteiger partial charge in [0.2, 0.25) is 5.91 Å². The van der Waals surface area contributed by atoms with Gasteiger partial charge in [-0.2, -0.15) is 0 Å². The van der Waals surface area contributed by atoms with Crippen molar-refractivity contribution in [3.63, 3.8) is 0 Å². The molecule has 0 aromatic heterocycles. The molecule has 1 aromatic rings. The van der Waals surface area contributed by atoms with Gasteiger partial charge in [-0.05, 0) is 19.9 Å². The Balaban J connectivity index is 2.35. The van der Waals surface area contributed by atoms with Crippen LogP contribution in [0.4, 0.5) is 0 Å². The molecule has 2 atom stereocenters. The Labute approximate surface area is 104 Å². The van der Waals surface area contributed by atoms with Gasteiger partial charge >= 0.3 is 0 Å². The fourth-order valence-corrected chi connectivity index (χ4v) is 2.57. The Morgan fingerprint density at radius 3 is 2.75 bits per heavy atom. The summed E-state index contributed by atoms with van der Waals surface area (Å²) in [6.07, 6.45) is -0.0110. The Hall–Kier alpha value is -0.870. The minimum atomic E-state index is -0.0999. The highest BCUT2D eigenvalue weighted by molar-refractivity contribution is 9.10. The molecule has 1 heterocycles. The Bertz CT molecular complexity index is 408. The molecule has 1 N–H and O–H groups in total. The molecule has 16 heavy (non-hydrogen) atoms. The predicted octanol–water partition coefficient (Wildman–Crippen LogP) is 2.29. The van der Waals surface area contributed by atoms with Crippen LogP contribution in [-0.4, -0.2) is 23.4 Å². The van der Waals surface area contributed by atoms with Crippen LogP contribution in [0, 0.1) is 0 Å². The molecule has 1 aliphatic heterocycles. The molecule has 1 aliphatic rings. The lowest BCUT2D eigenvalue weighted by Gasteiger charge is -2.23. The van der Waals surface area contributed by atoms with Crippen molar-refractivity contribution in [2.75, 3.05) is 6.54 Å². The van der Waals surface area contributed by atoms with E-state index in [1.54, 1.807) is 0 Å². The highest BCUT2D eigenvalue weighted by Gasteiger charge is 2.36. The van der Waals surface area contributed by atoms with Crippen molar-refractivity contribution >= 4 is 21.8 Å². The van der Waals surface area contributed by atoms with E-state index in [0.717, 1.165) is 16.6 Å². The first-order valence-electron chi connectivity index (χ1n) is 5.46. The van der Waals surface area contributed by atoms with Crippen LogP contribution in [0.2, 0.25) is 0 Å². The molecule has 86 valence electrons. The van der Waals surface area contributed by atoms with Gasteiger partial charge in [0.25, 0.3) is 0 Å². The van der Waals surface area contributed by atoms with Gasteiger partial charge < -0.3 is 4.90 Å². The number of nitrogens with one attached hydrogen (secondary N) is 1. The zero-order valence-electron chi connectivity index (χ0n) is 9.40. The summed E-state index contributed by atoms with van der Waals surface area (Å²) in [6.45, 7) is 4.63. The molecule has 0 bridgehead atoms. The van der Waals surface area contributed by atoms with Gasteiger partial charge in [-0.1, -0.05) is 34.1 Å². The van der Waals surface area contributed by atoms with Crippen molar-refractivity contribution in [3.8, 4) is 0 Å². The number of carbonyl (C=O) groups is 1. The van der Waals surface area contributed by atoms with E-state index in [-0.39, 0.29) is 18.1 Å². The minimum absolute atomic E-state index is 0.0110. The first-order valence-corrected chi connectivity index (χ1v) is 6.25. The van der Waals surface area contributed by atoms with Gasteiger partial charge in [-0.25, -0.2) is 0 Å². The molecule has 0 saturated carbocycles. The smallest absolute Gasteiger partial charge is 0.241 e. The first-order chi connectivity index (χ1) is 7.65. The largest absolute Gasteiger partial charge is 0.322 e. The summed E-state index contributed by atoms with van der Waals surface area (Å²) < 4.78 is 1.04. The van der Waals surface area contributed by atoms with Gasteiger partial charge in [0.1, 0.15) is 6.17 Å². The summed E-state index contributed by atoms with van der Waals surface area (Å²) >= 11 is 3.52. The van der Waals surface area contributed by atoms with E-state index in [1.807, 2.05) is 43.0 Å². The van der Waals surface area contributed by atoms with Crippen LogP contribution in [0.1, 0.15) is 25.6 Å². The van der Waals surface area contributed by atoms with Gasteiger partial charge in [-0.3, -0.25) is 10.1 Å². The van der Waals surface area contributed by atoms with Crippen molar-refractivity contribution in [1.82, 2.24) is 10.2 Å². The molecule has 1 saturated heterocycles. The normalized spacial score (nSPS) is 25.2. The summed E-state index contributed by atoms with van der Waals surface area (Å²) in [6, 6.07) is 7.90. The maximum absolute atomic E-state index is 11.9. The second kappa shape index (κ2) is 4.55. The number of amides is 1. The summed E-state index contributed by atoms with van der Waals surface area (Å²) in [4.78, 5) is 13.7. The highest BCUT2D eigenvalue weighted by atomic mass is 79.9. The van der Waals surface area contributed by atoms with Crippen LogP contribution >= 0.6 is 15.9 Å². The number of benzene rings is 1. The zero-order chi connectivity index (χ0) is 11.7. The lowest BCUT2D eigenvalue weighted by atomic mass is 10.1. The molecule has 1 amide bonds. The first kappa shape index (κ1) is 11.6. The lowest BCUT2D eigenvalue weighted by Crippen LogP contribution is -2.30. The maximum Gasteiger partial charge on any atom is 0.241 e. The van der Waals surface area contributed by atoms with Crippen molar-refractivity contribution in [2.45, 2.75) is 26.1 Å². The quantitative estimate of drug-likeness (QED) is 0.903. The number of likely N-dealkylation sites (N-methyl/N-ethyl adjacent to an activating group) is 1. The average Bonchev–Trinajstić information content (AvgIpc) is 2.56. The van der Waals surface area contributed by atoms with E-state index in [1.165, 1.54) is 0 Å². The third-order valence-electron chi connectivity index (χ3n) is 2.91. The fraction of sp³-hybridized carbons (Fsp3) is 0.417. The highest BCUT2D eigenvalue weighted by Crippen LogP contribution is 2.29. The van der Waals surface area contributed by atoms with Gasteiger partial charge in [0, 0.05) is 16.6 Å². The number of halogens is 1. The second-order valence-corrected chi connectivity index (χ2v) is 4.79. The average molecular weight is 283 g/mol. The Morgan fingerprint density at radius 2 is 2.12 bits per heavy atom. The topological polar surface area (TPSA) is 32.3 Å². The van der Waals surface area contributed by atoms with Crippen LogP contribution in [0.3, 0.4) is 0 Å². The SMILES string of the molecule is CCN1C(=O)C(C)NC1c1ccccc1Br. The van der Waals surface area contributed by atoms with Crippen LogP contribution in [0.5, 0.6) is 0 Å². The van der Waals surface area contributed by atoms with Crippen LogP contribution < -0.4 is 5.32 Å². The molecule has 4 heteroatoms. The molecule has 0 spiro atoms. The standard InChI is InChI=1S/C12H15BrN2O/c1-3-15-11(14-8(2)12(15)16)9-6-4-5-7-10(9)13/h4-8,11,14H,3H2,1-2H3. The van der Waals surface area contributed by atoms with Crippen LogP contribution in [-0.2, 0) is 4.79 Å². The molecule has 3 nitrogen and oxygen atoms in total. The fourth-order valence-electron chi connectivity index (χ4n) is 2.07. The summed E-state index contributed by atoms with van der Waals surface area (Å²) in [5.41, 5.74) is 1.11. The molecule has 2 unspecified atom stereocenters. The molecule has 1 aromatic carbocycles. The molecular formula is C12H15BrN2O. The Morgan fingerprint density at radius 1 is 1.44 bits per heavy atom. The summed E-state index contributed by atoms with van der Waals surface area (Å²) in [7, 11) is 0. The third-order valence-corrected chi connectivity index (χ3v) is 3.64. The molecule has 0 aliphatic carbocycles. The van der Waals surface area contributed by atoms with Crippen molar-refractivity contribution in [1.29, 1.82) is 0 Å². The Kier molecular flexibility index (Phi) is 3.30. The van der Waals surface area contributed by atoms with E-state index < -0.39 is 0 Å². The van der Waals surface area contributed by atoms with E-state index in [2.05, 4.69) is 21.2 Å². The third kappa shape index (κ3) is 1.87. The monoisotopic (exact) mass is 282 g/mol. The van der Waals surface area contributed by atoms with Gasteiger partial charge in [-0.15, -0.1) is 0 Å². The number of nitrogens with zero attached hydrogens (tertiary/aromatic N) is 1. The van der Waals surface area contributed by atoms with Crippen LogP contribution in [0.15, 0.2) is 28.7 Å². The second-order valence-electron chi connectivity index (χ2n) is 3.94. The van der Waals surface area contributed by atoms with Crippen LogP contribution in [0.25, 0.3) is 0 Å². The van der Waals surface area contributed by atoms with E-state index in [4.69, 9.17) is 0 Å². The van der Waals surface area contributed by atoms with Crippen molar-refractivity contribution < 1.29 is 4.79 Å². The number of rotatable bonds is 2. The molecule has 2 rings (SSSR count). The number of hydrogen-bond donors (Lipinski definition) is 1. The summed E-state index contributed by atoms with van der Waals surface area (Å²) in [5.74, 6) is 0.170. The van der Waals surface area contributed by atoms with E-state index in [9.17, 15) is 4.79 Å². The lowest BCUT2D eigenvalue weighted by molar-refractivity contribution is -0.129. The number of hydrogen-bond acceptors (Lipinski definition) is 2. The van der Waals surface area contributed by atoms with E-state index >= 15 is 0 Å². The van der Waals surface area contributed by atoms with Gasteiger partial charge in [0.05, 0.1) is 6.04 Å². The van der Waals surface area contributed by atoms with Gasteiger partial charge in [0.15, 0.2) is 0 Å². The zero-order valence-corrected chi connectivity index (χ0v) is 11.0.